The molecule has 0 unspecified atom stereocenters. The van der Waals surface area contributed by atoms with Gasteiger partial charge in [-0.05, 0) is 74.4 Å². The number of carbonyl (C=O) groups excluding carboxylic acids is 2. The number of likely N-dealkylation sites (N-methyl/N-ethyl adjacent to an activating group) is 1. The van der Waals surface area contributed by atoms with Crippen LogP contribution in [0.25, 0.3) is 11.1 Å². The molecular formula is C29H36N6O3. The summed E-state index contributed by atoms with van der Waals surface area (Å²) in [7, 11) is 1.71. The number of hydrogen-bond donors (Lipinski definition) is 1. The van der Waals surface area contributed by atoms with E-state index >= 15 is 0 Å². The van der Waals surface area contributed by atoms with Crippen molar-refractivity contribution in [3.8, 4) is 11.1 Å². The molecular weight excluding hydrogens is 480 g/mol. The molecule has 1 aromatic carbocycles. The first-order chi connectivity index (χ1) is 18.2. The van der Waals surface area contributed by atoms with Gasteiger partial charge in [0.25, 0.3) is 0 Å². The van der Waals surface area contributed by atoms with Crippen LogP contribution in [0.4, 0.5) is 10.7 Å². The highest BCUT2D eigenvalue weighted by Crippen LogP contribution is 2.29. The van der Waals surface area contributed by atoms with Gasteiger partial charge in [0.15, 0.2) is 0 Å². The third kappa shape index (κ3) is 7.50. The fourth-order valence-corrected chi connectivity index (χ4v) is 4.49. The SMILES string of the molecule is CN(Cc1cccc(-c2cnc(N3CCC(c4ccncc4)CC3)nc2)c1)C(=O)CNC(=O)OC(C)(C)C. The number of nitrogens with zero attached hydrogens (tertiary/aromatic N) is 5. The van der Waals surface area contributed by atoms with E-state index in [1.54, 1.807) is 32.7 Å². The molecule has 0 saturated carbocycles. The summed E-state index contributed by atoms with van der Waals surface area (Å²) in [4.78, 5) is 41.5. The van der Waals surface area contributed by atoms with E-state index in [9.17, 15) is 9.59 Å². The summed E-state index contributed by atoms with van der Waals surface area (Å²) in [6, 6.07) is 12.2. The molecule has 9 nitrogen and oxygen atoms in total. The summed E-state index contributed by atoms with van der Waals surface area (Å²) in [6.07, 6.45) is 8.96. The summed E-state index contributed by atoms with van der Waals surface area (Å²) < 4.78 is 5.18. The minimum Gasteiger partial charge on any atom is -0.444 e. The van der Waals surface area contributed by atoms with Crippen LogP contribution in [0.1, 0.15) is 50.7 Å². The zero-order chi connectivity index (χ0) is 27.1. The molecule has 1 fully saturated rings. The van der Waals surface area contributed by atoms with E-state index in [2.05, 4.69) is 37.3 Å². The van der Waals surface area contributed by atoms with Crippen molar-refractivity contribution in [2.75, 3.05) is 31.6 Å². The molecule has 38 heavy (non-hydrogen) atoms. The average Bonchev–Trinajstić information content (AvgIpc) is 2.91. The molecule has 0 aliphatic carbocycles. The van der Waals surface area contributed by atoms with Crippen molar-refractivity contribution in [2.24, 2.45) is 0 Å². The number of nitrogens with one attached hydrogen (secondary N) is 1. The first-order valence-electron chi connectivity index (χ1n) is 12.9. The van der Waals surface area contributed by atoms with Crippen molar-refractivity contribution in [2.45, 2.75) is 51.7 Å². The Morgan fingerprint density at radius 3 is 2.39 bits per heavy atom. The topological polar surface area (TPSA) is 101 Å². The first kappa shape index (κ1) is 27.0. The predicted molar refractivity (Wildman–Crippen MR) is 147 cm³/mol. The van der Waals surface area contributed by atoms with Crippen LogP contribution in [0.3, 0.4) is 0 Å². The Hall–Kier alpha value is -4.01. The Kier molecular flexibility index (Phi) is 8.55. The highest BCUT2D eigenvalue weighted by atomic mass is 16.6. The molecule has 0 spiro atoms. The van der Waals surface area contributed by atoms with Crippen LogP contribution < -0.4 is 10.2 Å². The Balaban J connectivity index is 1.31. The predicted octanol–water partition coefficient (Wildman–Crippen LogP) is 4.41. The zero-order valence-electron chi connectivity index (χ0n) is 22.6. The number of carbonyl (C=O) groups is 2. The maximum absolute atomic E-state index is 12.5. The molecule has 4 rings (SSSR count). The van der Waals surface area contributed by atoms with Gasteiger partial charge in [-0.25, -0.2) is 14.8 Å². The van der Waals surface area contributed by atoms with E-state index in [0.717, 1.165) is 48.6 Å². The summed E-state index contributed by atoms with van der Waals surface area (Å²) in [5.74, 6) is 1.09. The molecule has 3 aromatic rings. The van der Waals surface area contributed by atoms with Gasteiger partial charge in [-0.1, -0.05) is 18.2 Å². The highest BCUT2D eigenvalue weighted by Gasteiger charge is 2.22. The first-order valence-corrected chi connectivity index (χ1v) is 12.9. The Bertz CT molecular complexity index is 1220. The lowest BCUT2D eigenvalue weighted by Gasteiger charge is -2.32. The maximum atomic E-state index is 12.5. The lowest BCUT2D eigenvalue weighted by Crippen LogP contribution is -2.40. The monoisotopic (exact) mass is 516 g/mol. The number of ether oxygens (including phenoxy) is 1. The molecule has 2 aromatic heterocycles. The number of rotatable bonds is 7. The number of amides is 2. The average molecular weight is 517 g/mol. The number of aromatic nitrogens is 3. The molecule has 200 valence electrons. The van der Waals surface area contributed by atoms with Gasteiger partial charge in [0.1, 0.15) is 12.1 Å². The van der Waals surface area contributed by atoms with E-state index in [0.29, 0.717) is 12.5 Å². The summed E-state index contributed by atoms with van der Waals surface area (Å²) in [5.41, 5.74) is 3.61. The van der Waals surface area contributed by atoms with Crippen LogP contribution in [0.5, 0.6) is 0 Å². The van der Waals surface area contributed by atoms with Gasteiger partial charge in [-0.3, -0.25) is 9.78 Å². The Morgan fingerprint density at radius 1 is 1.05 bits per heavy atom. The second-order valence-corrected chi connectivity index (χ2v) is 10.6. The van der Waals surface area contributed by atoms with Gasteiger partial charge >= 0.3 is 6.09 Å². The van der Waals surface area contributed by atoms with Crippen LogP contribution in [-0.4, -0.2) is 64.1 Å². The Morgan fingerprint density at radius 2 is 1.74 bits per heavy atom. The molecule has 0 atom stereocenters. The number of hydrogen-bond acceptors (Lipinski definition) is 7. The Labute approximate surface area is 224 Å². The van der Waals surface area contributed by atoms with Crippen molar-refractivity contribution in [3.63, 3.8) is 0 Å². The summed E-state index contributed by atoms with van der Waals surface area (Å²) in [6.45, 7) is 7.46. The van der Waals surface area contributed by atoms with E-state index in [4.69, 9.17) is 4.74 Å². The third-order valence-electron chi connectivity index (χ3n) is 6.48. The number of piperidine rings is 1. The number of alkyl carbamates (subject to hydrolysis) is 1. The van der Waals surface area contributed by atoms with Gasteiger partial charge in [-0.2, -0.15) is 0 Å². The van der Waals surface area contributed by atoms with Crippen molar-refractivity contribution in [1.82, 2.24) is 25.2 Å². The summed E-state index contributed by atoms with van der Waals surface area (Å²) in [5, 5.41) is 2.51. The van der Waals surface area contributed by atoms with Crippen molar-refractivity contribution in [3.05, 3.63) is 72.3 Å². The maximum Gasteiger partial charge on any atom is 0.408 e. The van der Waals surface area contributed by atoms with Crippen molar-refractivity contribution < 1.29 is 14.3 Å². The minimum atomic E-state index is -0.612. The van der Waals surface area contributed by atoms with Crippen LogP contribution in [0, 0.1) is 0 Å². The molecule has 3 heterocycles. The minimum absolute atomic E-state index is 0.125. The van der Waals surface area contributed by atoms with E-state index < -0.39 is 11.7 Å². The number of benzene rings is 1. The lowest BCUT2D eigenvalue weighted by molar-refractivity contribution is -0.129. The zero-order valence-corrected chi connectivity index (χ0v) is 22.6. The van der Waals surface area contributed by atoms with E-state index in [1.807, 2.05) is 49.1 Å². The molecule has 1 aliphatic heterocycles. The third-order valence-corrected chi connectivity index (χ3v) is 6.48. The van der Waals surface area contributed by atoms with Crippen LogP contribution in [0.15, 0.2) is 61.2 Å². The lowest BCUT2D eigenvalue weighted by atomic mass is 9.90. The second-order valence-electron chi connectivity index (χ2n) is 10.6. The normalized spacial score (nSPS) is 14.2. The van der Waals surface area contributed by atoms with Crippen molar-refractivity contribution >= 4 is 17.9 Å². The van der Waals surface area contributed by atoms with Gasteiger partial charge in [0.05, 0.1) is 0 Å². The largest absolute Gasteiger partial charge is 0.444 e. The molecule has 0 bridgehead atoms. The fourth-order valence-electron chi connectivity index (χ4n) is 4.49. The highest BCUT2D eigenvalue weighted by molar-refractivity contribution is 5.82. The number of anilines is 1. The van der Waals surface area contributed by atoms with Gasteiger partial charge in [-0.15, -0.1) is 0 Å². The van der Waals surface area contributed by atoms with E-state index in [1.165, 1.54) is 5.56 Å². The molecule has 2 amide bonds. The van der Waals surface area contributed by atoms with Crippen LogP contribution >= 0.6 is 0 Å². The quantitative estimate of drug-likeness (QED) is 0.497. The van der Waals surface area contributed by atoms with E-state index in [-0.39, 0.29) is 12.5 Å². The van der Waals surface area contributed by atoms with Gasteiger partial charge in [0.2, 0.25) is 11.9 Å². The molecule has 9 heteroatoms. The second kappa shape index (κ2) is 12.0. The number of pyridine rings is 1. The molecule has 1 aliphatic rings. The van der Waals surface area contributed by atoms with Crippen LogP contribution in [-0.2, 0) is 16.1 Å². The van der Waals surface area contributed by atoms with Gasteiger partial charge in [0, 0.05) is 57.0 Å². The molecule has 0 radical (unpaired) electrons. The van der Waals surface area contributed by atoms with Crippen molar-refractivity contribution in [1.29, 1.82) is 0 Å². The van der Waals surface area contributed by atoms with Gasteiger partial charge < -0.3 is 19.9 Å². The molecule has 1 saturated heterocycles. The standard InChI is InChI=1S/C29H36N6O3/c1-29(2,3)38-28(37)33-19-26(36)34(4)20-21-6-5-7-24(16-21)25-17-31-27(32-18-25)35-14-10-23(11-15-35)22-8-12-30-13-9-22/h5-9,12-13,16-18,23H,10-11,14-15,19-20H2,1-4H3,(H,33,37). The molecule has 1 N–H and O–H groups in total. The van der Waals surface area contributed by atoms with Crippen LogP contribution in [0.2, 0.25) is 0 Å². The fraction of sp³-hybridized carbons (Fsp3) is 0.414. The summed E-state index contributed by atoms with van der Waals surface area (Å²) >= 11 is 0. The smallest absolute Gasteiger partial charge is 0.408 e.